The van der Waals surface area contributed by atoms with E-state index in [2.05, 4.69) is 235 Å². The zero-order valence-electron chi connectivity index (χ0n) is 32.6. The minimum absolute atomic E-state index is 0.0500. The van der Waals surface area contributed by atoms with Crippen LogP contribution in [0, 0.1) is 0 Å². The molecular weight excluding hydrogens is 740 g/mol. The molecule has 5 heteroatoms. The zero-order valence-corrected chi connectivity index (χ0v) is 34.8. The van der Waals surface area contributed by atoms with Gasteiger partial charge in [-0.2, -0.15) is 0 Å². The van der Waals surface area contributed by atoms with Crippen LogP contribution in [0.5, 0.6) is 0 Å². The largest absolute Gasteiger partial charge is 0.313 e. The Balaban J connectivity index is 1.21. The maximum atomic E-state index is 2.65. The SMILES string of the molecule is c1ccc([SiH](c2ccccc2)c2ccccc2B2c3ccccc3N3c4ccccc4B4c5ccccc5[Si](c5ccccc5)(c5ccccc5)c5ccc2c3c54)cc1. The first-order valence-corrected chi connectivity index (χ1v) is 24.6. The molecule has 0 spiro atoms. The van der Waals surface area contributed by atoms with Crippen LogP contribution in [0.4, 0.5) is 17.1 Å². The van der Waals surface area contributed by atoms with E-state index in [4.69, 9.17) is 0 Å². The van der Waals surface area contributed by atoms with E-state index in [0.29, 0.717) is 0 Å². The summed E-state index contributed by atoms with van der Waals surface area (Å²) in [4.78, 5) is 2.65. The van der Waals surface area contributed by atoms with E-state index < -0.39 is 16.9 Å². The van der Waals surface area contributed by atoms with Crippen molar-refractivity contribution in [1.82, 2.24) is 0 Å². The lowest BCUT2D eigenvalue weighted by molar-refractivity contribution is 1.30. The van der Waals surface area contributed by atoms with Gasteiger partial charge in [0.05, 0.1) is 0 Å². The number of hydrogen-bond acceptors (Lipinski definition) is 1. The molecule has 274 valence electrons. The van der Waals surface area contributed by atoms with Crippen molar-refractivity contribution in [3.8, 4) is 0 Å². The molecule has 12 rings (SSSR count). The Morgan fingerprint density at radius 3 is 1.39 bits per heavy atom. The van der Waals surface area contributed by atoms with Gasteiger partial charge in [0, 0.05) is 17.1 Å². The lowest BCUT2D eigenvalue weighted by Crippen LogP contribution is -2.88. The fraction of sp³-hybridized carbons (Fsp3) is 0. The molecule has 3 aliphatic rings. The van der Waals surface area contributed by atoms with E-state index in [1.54, 1.807) is 0 Å². The van der Waals surface area contributed by atoms with Gasteiger partial charge in [-0.1, -0.05) is 245 Å². The highest BCUT2D eigenvalue weighted by atomic mass is 28.3. The molecule has 9 aromatic rings. The van der Waals surface area contributed by atoms with Crippen molar-refractivity contribution in [1.29, 1.82) is 0 Å². The van der Waals surface area contributed by atoms with Gasteiger partial charge in [-0.3, -0.25) is 0 Å². The summed E-state index contributed by atoms with van der Waals surface area (Å²) in [6.45, 7) is 0.155. The molecule has 1 nitrogen and oxygen atoms in total. The molecule has 0 atom stereocenters. The van der Waals surface area contributed by atoms with Gasteiger partial charge in [0.25, 0.3) is 0 Å². The van der Waals surface area contributed by atoms with Crippen molar-refractivity contribution in [3.63, 3.8) is 0 Å². The van der Waals surface area contributed by atoms with E-state index in [-0.39, 0.29) is 13.4 Å². The summed E-state index contributed by atoms with van der Waals surface area (Å²) in [5.74, 6) is 0. The fourth-order valence-corrected chi connectivity index (χ4v) is 19.7. The van der Waals surface area contributed by atoms with Gasteiger partial charge in [-0.05, 0) is 54.7 Å². The van der Waals surface area contributed by atoms with Gasteiger partial charge in [0.2, 0.25) is 13.4 Å². The molecule has 3 aliphatic heterocycles. The molecule has 0 fully saturated rings. The molecule has 0 aliphatic carbocycles. The quantitative estimate of drug-likeness (QED) is 0.186. The second kappa shape index (κ2) is 13.7. The van der Waals surface area contributed by atoms with Crippen molar-refractivity contribution in [2.24, 2.45) is 0 Å². The zero-order chi connectivity index (χ0) is 38.9. The lowest BCUT2D eigenvalue weighted by atomic mass is 9.30. The number of nitrogens with zero attached hydrogens (tertiary/aromatic N) is 1. The Kier molecular flexibility index (Phi) is 8.00. The molecule has 0 unspecified atom stereocenters. The van der Waals surface area contributed by atoms with Crippen molar-refractivity contribution >= 4 is 116 Å². The first-order valence-electron chi connectivity index (χ1n) is 20.9. The van der Waals surface area contributed by atoms with Gasteiger partial charge in [0.1, 0.15) is 8.80 Å². The first-order chi connectivity index (χ1) is 29.3. The van der Waals surface area contributed by atoms with E-state index in [1.807, 2.05) is 0 Å². The molecule has 0 amide bonds. The maximum Gasteiger partial charge on any atom is 0.246 e. The van der Waals surface area contributed by atoms with Crippen LogP contribution in [0.2, 0.25) is 0 Å². The average Bonchev–Trinajstić information content (AvgIpc) is 3.32. The summed E-state index contributed by atoms with van der Waals surface area (Å²) in [5.41, 5.74) is 12.4. The molecule has 9 aromatic carbocycles. The van der Waals surface area contributed by atoms with Gasteiger partial charge in [-0.25, -0.2) is 0 Å². The predicted octanol–water partition coefficient (Wildman–Crippen LogP) is 2.75. The Morgan fingerprint density at radius 1 is 0.339 bits per heavy atom. The van der Waals surface area contributed by atoms with E-state index in [9.17, 15) is 0 Å². The van der Waals surface area contributed by atoms with Crippen LogP contribution in [0.25, 0.3) is 0 Å². The standard InChI is InChI=1S/C54H39B2NSi2/c1-5-21-39(22-6-1)58(40-23-7-2-8-24-40)50-35-19-15-31-45(50)55-43-29-13-17-33-48(43)57-49-34-18-14-30-44(49)56-46-32-16-20-36-51(46)59(41-25-9-3-10-26-41,42-27-11-4-12-28-42)52-38-37-47(55)54(57)53(52)56/h1-38,58H. The Labute approximate surface area is 350 Å². The smallest absolute Gasteiger partial charge is 0.246 e. The summed E-state index contributed by atoms with van der Waals surface area (Å²) in [6, 6.07) is 88.1. The summed E-state index contributed by atoms with van der Waals surface area (Å²) < 4.78 is 0. The first kappa shape index (κ1) is 34.4. The Morgan fingerprint density at radius 2 is 0.797 bits per heavy atom. The summed E-state index contributed by atoms with van der Waals surface area (Å²) in [5, 5.41) is 10.2. The van der Waals surface area contributed by atoms with Crippen molar-refractivity contribution in [2.75, 3.05) is 4.90 Å². The Bertz CT molecular complexity index is 2950. The minimum atomic E-state index is -2.82. The highest BCUT2D eigenvalue weighted by Crippen LogP contribution is 2.37. The number of rotatable bonds is 6. The van der Waals surface area contributed by atoms with Crippen LogP contribution in [-0.2, 0) is 0 Å². The monoisotopic (exact) mass is 779 g/mol. The number of fused-ring (bicyclic) bond motifs is 7. The highest BCUT2D eigenvalue weighted by molar-refractivity contribution is 7.27. The topological polar surface area (TPSA) is 3.24 Å². The highest BCUT2D eigenvalue weighted by Gasteiger charge is 2.54. The molecule has 0 N–H and O–H groups in total. The molecule has 0 radical (unpaired) electrons. The molecular formula is C54H39B2NSi2. The third-order valence-corrected chi connectivity index (χ3v) is 21.6. The van der Waals surface area contributed by atoms with Crippen LogP contribution < -0.4 is 74.0 Å². The van der Waals surface area contributed by atoms with Crippen LogP contribution >= 0.6 is 0 Å². The van der Waals surface area contributed by atoms with Crippen LogP contribution in [0.15, 0.2) is 231 Å². The van der Waals surface area contributed by atoms with Crippen molar-refractivity contribution < 1.29 is 0 Å². The molecule has 0 aromatic heterocycles. The van der Waals surface area contributed by atoms with Gasteiger partial charge in [-0.15, -0.1) is 0 Å². The minimum Gasteiger partial charge on any atom is -0.313 e. The summed E-state index contributed by atoms with van der Waals surface area (Å²) >= 11 is 0. The normalized spacial score (nSPS) is 13.9. The van der Waals surface area contributed by atoms with Crippen LogP contribution in [0.3, 0.4) is 0 Å². The van der Waals surface area contributed by atoms with Crippen molar-refractivity contribution in [3.05, 3.63) is 231 Å². The van der Waals surface area contributed by atoms with Crippen molar-refractivity contribution in [2.45, 2.75) is 0 Å². The second-order valence-corrected chi connectivity index (χ2v) is 22.8. The number of benzene rings is 9. The maximum absolute atomic E-state index is 2.82. The van der Waals surface area contributed by atoms with Gasteiger partial charge >= 0.3 is 0 Å². The van der Waals surface area contributed by atoms with E-state index >= 15 is 0 Å². The number of anilines is 3. The molecule has 3 heterocycles. The summed E-state index contributed by atoms with van der Waals surface area (Å²) in [7, 11) is -4.72. The predicted molar refractivity (Wildman–Crippen MR) is 259 cm³/mol. The van der Waals surface area contributed by atoms with E-state index in [0.717, 1.165) is 0 Å². The van der Waals surface area contributed by atoms with Gasteiger partial charge < -0.3 is 4.90 Å². The third kappa shape index (κ3) is 4.99. The van der Waals surface area contributed by atoms with Gasteiger partial charge in [0.15, 0.2) is 8.07 Å². The molecule has 0 saturated heterocycles. The number of hydrogen-bond donors (Lipinski definition) is 0. The second-order valence-electron chi connectivity index (χ2n) is 16.2. The molecule has 0 bridgehead atoms. The molecule has 59 heavy (non-hydrogen) atoms. The van der Waals surface area contributed by atoms with Crippen LogP contribution in [0.1, 0.15) is 0 Å². The third-order valence-electron chi connectivity index (χ3n) is 13.4. The lowest BCUT2D eigenvalue weighted by Gasteiger charge is -2.50. The fourth-order valence-electron chi connectivity index (χ4n) is 11.2. The number of para-hydroxylation sites is 2. The summed E-state index contributed by atoms with van der Waals surface area (Å²) in [6.07, 6.45) is 0. The molecule has 0 saturated carbocycles. The average molecular weight is 780 g/mol. The Hall–Kier alpha value is -6.66. The van der Waals surface area contributed by atoms with Crippen LogP contribution in [-0.4, -0.2) is 30.3 Å². The van der Waals surface area contributed by atoms with E-state index in [1.165, 1.54) is 86.1 Å².